The number of aliphatic hydroxyl groups is 1. The maximum Gasteiger partial charge on any atom is 0.126 e. The van der Waals surface area contributed by atoms with Crippen LogP contribution in [0.3, 0.4) is 0 Å². The zero-order valence-electron chi connectivity index (χ0n) is 9.06. The lowest BCUT2D eigenvalue weighted by Gasteiger charge is -2.38. The highest BCUT2D eigenvalue weighted by Gasteiger charge is 2.31. The van der Waals surface area contributed by atoms with E-state index in [0.717, 1.165) is 31.7 Å². The van der Waals surface area contributed by atoms with Crippen LogP contribution < -0.4 is 10.6 Å². The van der Waals surface area contributed by atoms with E-state index in [1.807, 2.05) is 17.8 Å². The molecule has 0 atom stereocenters. The van der Waals surface area contributed by atoms with Crippen LogP contribution in [-0.4, -0.2) is 40.1 Å². The molecule has 0 radical (unpaired) electrons. The van der Waals surface area contributed by atoms with Crippen LogP contribution in [0.4, 0.5) is 5.82 Å². The highest BCUT2D eigenvalue weighted by molar-refractivity contribution is 5.38. The van der Waals surface area contributed by atoms with Crippen molar-refractivity contribution < 1.29 is 5.11 Å². The topological polar surface area (TPSA) is 67.3 Å². The van der Waals surface area contributed by atoms with Crippen molar-refractivity contribution in [3.8, 4) is 0 Å². The van der Waals surface area contributed by atoms with Gasteiger partial charge < -0.3 is 15.7 Å². The van der Waals surface area contributed by atoms with Crippen molar-refractivity contribution in [1.82, 2.24) is 9.78 Å². The van der Waals surface area contributed by atoms with Gasteiger partial charge in [-0.3, -0.25) is 4.68 Å². The van der Waals surface area contributed by atoms with E-state index in [0.29, 0.717) is 6.54 Å². The van der Waals surface area contributed by atoms with Gasteiger partial charge in [-0.2, -0.15) is 5.10 Å². The van der Waals surface area contributed by atoms with Crippen LogP contribution in [-0.2, 0) is 7.05 Å². The van der Waals surface area contributed by atoms with Crippen LogP contribution in [0, 0.1) is 0 Å². The van der Waals surface area contributed by atoms with Gasteiger partial charge in [-0.05, 0) is 12.8 Å². The number of aryl methyl sites for hydroxylation is 1. The molecule has 1 aromatic heterocycles. The van der Waals surface area contributed by atoms with E-state index < -0.39 is 5.60 Å². The molecule has 1 aliphatic rings. The largest absolute Gasteiger partial charge is 0.388 e. The maximum atomic E-state index is 9.99. The van der Waals surface area contributed by atoms with Crippen LogP contribution in [0.2, 0.25) is 0 Å². The lowest BCUT2D eigenvalue weighted by atomic mass is 9.92. The van der Waals surface area contributed by atoms with Crippen LogP contribution >= 0.6 is 0 Å². The minimum absolute atomic E-state index is 0.353. The van der Waals surface area contributed by atoms with Crippen LogP contribution in [0.1, 0.15) is 12.8 Å². The molecule has 1 aliphatic heterocycles. The average Bonchev–Trinajstić information content (AvgIpc) is 2.66. The van der Waals surface area contributed by atoms with E-state index in [4.69, 9.17) is 5.73 Å². The molecule has 0 bridgehead atoms. The van der Waals surface area contributed by atoms with Gasteiger partial charge in [-0.15, -0.1) is 0 Å². The van der Waals surface area contributed by atoms with Gasteiger partial charge in [0.1, 0.15) is 5.82 Å². The third-order valence-electron chi connectivity index (χ3n) is 3.19. The minimum Gasteiger partial charge on any atom is -0.388 e. The number of nitrogens with zero attached hydrogens (tertiary/aromatic N) is 3. The Balaban J connectivity index is 2.03. The van der Waals surface area contributed by atoms with Crippen LogP contribution in [0.25, 0.3) is 0 Å². The number of hydrogen-bond donors (Lipinski definition) is 2. The van der Waals surface area contributed by atoms with Crippen LogP contribution in [0.15, 0.2) is 12.3 Å². The fourth-order valence-corrected chi connectivity index (χ4v) is 2.03. The Morgan fingerprint density at radius 3 is 2.67 bits per heavy atom. The summed E-state index contributed by atoms with van der Waals surface area (Å²) in [5, 5.41) is 14.1. The van der Waals surface area contributed by atoms with E-state index in [-0.39, 0.29) is 0 Å². The summed E-state index contributed by atoms with van der Waals surface area (Å²) in [5.74, 6) is 1.11. The molecule has 5 nitrogen and oxygen atoms in total. The van der Waals surface area contributed by atoms with E-state index in [1.54, 1.807) is 6.20 Å². The normalized spacial score (nSPS) is 20.6. The number of hydrogen-bond acceptors (Lipinski definition) is 4. The highest BCUT2D eigenvalue weighted by Crippen LogP contribution is 2.24. The first-order valence-electron chi connectivity index (χ1n) is 5.30. The lowest BCUT2D eigenvalue weighted by Crippen LogP contribution is -2.49. The first-order valence-corrected chi connectivity index (χ1v) is 5.30. The molecule has 0 saturated carbocycles. The zero-order chi connectivity index (χ0) is 10.9. The SMILES string of the molecule is Cn1nccc1N1CCC(O)(CN)CC1. The zero-order valence-corrected chi connectivity index (χ0v) is 9.06. The first-order chi connectivity index (χ1) is 7.14. The molecular formula is C10H18N4O. The summed E-state index contributed by atoms with van der Waals surface area (Å²) in [7, 11) is 1.93. The summed E-state index contributed by atoms with van der Waals surface area (Å²) in [6.07, 6.45) is 3.25. The Labute approximate surface area is 89.5 Å². The molecule has 0 aromatic carbocycles. The van der Waals surface area contributed by atoms with Gasteiger partial charge in [-0.25, -0.2) is 0 Å². The smallest absolute Gasteiger partial charge is 0.126 e. The predicted molar refractivity (Wildman–Crippen MR) is 58.7 cm³/mol. The van der Waals surface area contributed by atoms with Gasteiger partial charge >= 0.3 is 0 Å². The summed E-state index contributed by atoms with van der Waals surface area (Å²) in [6, 6.07) is 1.99. The van der Waals surface area contributed by atoms with E-state index >= 15 is 0 Å². The number of nitrogens with two attached hydrogens (primary N) is 1. The molecule has 1 aromatic rings. The second-order valence-electron chi connectivity index (χ2n) is 4.23. The van der Waals surface area contributed by atoms with Crippen molar-refractivity contribution in [3.05, 3.63) is 12.3 Å². The molecule has 0 spiro atoms. The standard InChI is InChI=1S/C10H18N4O/c1-13-9(2-5-12-13)14-6-3-10(15,8-11)4-7-14/h2,5,15H,3-4,6-8,11H2,1H3. The molecule has 3 N–H and O–H groups in total. The van der Waals surface area contributed by atoms with Crippen molar-refractivity contribution >= 4 is 5.82 Å². The van der Waals surface area contributed by atoms with Gasteiger partial charge in [0.2, 0.25) is 0 Å². The van der Waals surface area contributed by atoms with Crippen molar-refractivity contribution in [2.75, 3.05) is 24.5 Å². The second-order valence-corrected chi connectivity index (χ2v) is 4.23. The number of rotatable bonds is 2. The fraction of sp³-hybridized carbons (Fsp3) is 0.700. The second kappa shape index (κ2) is 3.83. The molecule has 5 heteroatoms. The van der Waals surface area contributed by atoms with Crippen molar-refractivity contribution in [2.45, 2.75) is 18.4 Å². The number of piperidine rings is 1. The molecule has 1 fully saturated rings. The molecule has 0 aliphatic carbocycles. The van der Waals surface area contributed by atoms with Gasteiger partial charge in [0.25, 0.3) is 0 Å². The van der Waals surface area contributed by atoms with E-state index in [1.165, 1.54) is 0 Å². The van der Waals surface area contributed by atoms with Gasteiger partial charge in [0, 0.05) is 32.7 Å². The molecule has 0 amide bonds. The summed E-state index contributed by atoms with van der Waals surface area (Å²) in [5.41, 5.74) is 4.89. The summed E-state index contributed by atoms with van der Waals surface area (Å²) in [4.78, 5) is 2.23. The van der Waals surface area contributed by atoms with Gasteiger partial charge in [-0.1, -0.05) is 0 Å². The Bertz CT molecular complexity index is 328. The van der Waals surface area contributed by atoms with Gasteiger partial charge in [0.05, 0.1) is 11.8 Å². The lowest BCUT2D eigenvalue weighted by molar-refractivity contribution is 0.0247. The Hall–Kier alpha value is -1.07. The monoisotopic (exact) mass is 210 g/mol. The summed E-state index contributed by atoms with van der Waals surface area (Å²) >= 11 is 0. The Morgan fingerprint density at radius 2 is 2.20 bits per heavy atom. The third-order valence-corrected chi connectivity index (χ3v) is 3.19. The minimum atomic E-state index is -0.658. The van der Waals surface area contributed by atoms with E-state index in [2.05, 4.69) is 10.00 Å². The van der Waals surface area contributed by atoms with Crippen molar-refractivity contribution in [3.63, 3.8) is 0 Å². The van der Waals surface area contributed by atoms with Gasteiger partial charge in [0.15, 0.2) is 0 Å². The fourth-order valence-electron chi connectivity index (χ4n) is 2.03. The Morgan fingerprint density at radius 1 is 1.53 bits per heavy atom. The molecule has 2 heterocycles. The number of anilines is 1. The van der Waals surface area contributed by atoms with Crippen molar-refractivity contribution in [2.24, 2.45) is 12.8 Å². The Kier molecular flexibility index (Phi) is 2.67. The molecule has 0 unspecified atom stereocenters. The predicted octanol–water partition coefficient (Wildman–Crippen LogP) is -0.290. The number of aromatic nitrogens is 2. The average molecular weight is 210 g/mol. The molecule has 15 heavy (non-hydrogen) atoms. The third kappa shape index (κ3) is 1.98. The highest BCUT2D eigenvalue weighted by atomic mass is 16.3. The molecule has 2 rings (SSSR count). The quantitative estimate of drug-likeness (QED) is 0.704. The maximum absolute atomic E-state index is 9.99. The summed E-state index contributed by atoms with van der Waals surface area (Å²) < 4.78 is 1.85. The van der Waals surface area contributed by atoms with Crippen LogP contribution in [0.5, 0.6) is 0 Å². The van der Waals surface area contributed by atoms with Crippen molar-refractivity contribution in [1.29, 1.82) is 0 Å². The molecule has 84 valence electrons. The molecule has 1 saturated heterocycles. The summed E-state index contributed by atoms with van der Waals surface area (Å²) in [6.45, 7) is 2.03. The molecular weight excluding hydrogens is 192 g/mol. The van der Waals surface area contributed by atoms with E-state index in [9.17, 15) is 5.11 Å². The first kappa shape index (κ1) is 10.4.